The molecule has 2 heterocycles. The van der Waals surface area contributed by atoms with Gasteiger partial charge in [-0.2, -0.15) is 5.10 Å². The first-order valence-corrected chi connectivity index (χ1v) is 6.72. The molecule has 1 fully saturated rings. The van der Waals surface area contributed by atoms with Gasteiger partial charge in [0.05, 0.1) is 24.5 Å². The van der Waals surface area contributed by atoms with Gasteiger partial charge in [-0.05, 0) is 25.5 Å². The van der Waals surface area contributed by atoms with Crippen LogP contribution in [0.3, 0.4) is 0 Å². The van der Waals surface area contributed by atoms with Crippen molar-refractivity contribution < 1.29 is 9.53 Å². The van der Waals surface area contributed by atoms with Crippen LogP contribution in [-0.4, -0.2) is 28.9 Å². The standard InChI is InChI=1S/C15H17N3O2/c1-11-3-2-4-12(7-11)15(19)17-13-8-16-18(9-13)14-5-6-20-10-14/h2-4,7-9,14H,5-6,10H2,1H3,(H,17,19)/t14-/m1/s1. The molecule has 1 atom stereocenters. The quantitative estimate of drug-likeness (QED) is 0.932. The van der Waals surface area contributed by atoms with Crippen LogP contribution >= 0.6 is 0 Å². The first-order chi connectivity index (χ1) is 9.72. The number of rotatable bonds is 3. The van der Waals surface area contributed by atoms with Crippen molar-refractivity contribution in [2.45, 2.75) is 19.4 Å². The average Bonchev–Trinajstić information content (AvgIpc) is 3.08. The summed E-state index contributed by atoms with van der Waals surface area (Å²) < 4.78 is 7.20. The number of carbonyl (C=O) groups excluding carboxylic acids is 1. The zero-order valence-corrected chi connectivity index (χ0v) is 11.4. The molecule has 0 bridgehead atoms. The third-order valence-corrected chi connectivity index (χ3v) is 3.42. The summed E-state index contributed by atoms with van der Waals surface area (Å²) in [7, 11) is 0. The van der Waals surface area contributed by atoms with Gasteiger partial charge in [-0.15, -0.1) is 0 Å². The van der Waals surface area contributed by atoms with Gasteiger partial charge in [-0.25, -0.2) is 0 Å². The number of hydrogen-bond donors (Lipinski definition) is 1. The van der Waals surface area contributed by atoms with Crippen LogP contribution in [0.15, 0.2) is 36.7 Å². The lowest BCUT2D eigenvalue weighted by atomic mass is 10.1. The fourth-order valence-corrected chi connectivity index (χ4v) is 2.32. The van der Waals surface area contributed by atoms with Crippen molar-refractivity contribution in [3.05, 3.63) is 47.8 Å². The molecule has 5 nitrogen and oxygen atoms in total. The van der Waals surface area contributed by atoms with E-state index in [0.29, 0.717) is 17.9 Å². The molecule has 1 amide bonds. The average molecular weight is 271 g/mol. The molecular weight excluding hydrogens is 254 g/mol. The minimum atomic E-state index is -0.115. The molecule has 0 unspecified atom stereocenters. The van der Waals surface area contributed by atoms with E-state index < -0.39 is 0 Å². The van der Waals surface area contributed by atoms with Gasteiger partial charge in [0.2, 0.25) is 0 Å². The number of aromatic nitrogens is 2. The Balaban J connectivity index is 1.70. The highest BCUT2D eigenvalue weighted by atomic mass is 16.5. The molecule has 0 spiro atoms. The smallest absolute Gasteiger partial charge is 0.255 e. The summed E-state index contributed by atoms with van der Waals surface area (Å²) in [5, 5.41) is 7.15. The maximum atomic E-state index is 12.1. The van der Waals surface area contributed by atoms with Gasteiger partial charge >= 0.3 is 0 Å². The number of carbonyl (C=O) groups is 1. The van der Waals surface area contributed by atoms with E-state index in [4.69, 9.17) is 4.74 Å². The molecule has 0 radical (unpaired) electrons. The highest BCUT2D eigenvalue weighted by Gasteiger charge is 2.18. The van der Waals surface area contributed by atoms with Crippen LogP contribution in [0.5, 0.6) is 0 Å². The van der Waals surface area contributed by atoms with Crippen LogP contribution in [-0.2, 0) is 4.74 Å². The van der Waals surface area contributed by atoms with Crippen LogP contribution < -0.4 is 5.32 Å². The Hall–Kier alpha value is -2.14. The molecule has 2 aromatic rings. The van der Waals surface area contributed by atoms with E-state index in [2.05, 4.69) is 10.4 Å². The molecular formula is C15H17N3O2. The molecule has 3 rings (SSSR count). The summed E-state index contributed by atoms with van der Waals surface area (Å²) in [4.78, 5) is 12.1. The first kappa shape index (κ1) is 12.9. The number of amides is 1. The largest absolute Gasteiger partial charge is 0.379 e. The van der Waals surface area contributed by atoms with Crippen LogP contribution in [0, 0.1) is 6.92 Å². The van der Waals surface area contributed by atoms with Crippen molar-refractivity contribution >= 4 is 11.6 Å². The number of hydrogen-bond acceptors (Lipinski definition) is 3. The number of nitrogens with zero attached hydrogens (tertiary/aromatic N) is 2. The van der Waals surface area contributed by atoms with Crippen molar-refractivity contribution in [3.8, 4) is 0 Å². The van der Waals surface area contributed by atoms with Gasteiger partial charge in [0.15, 0.2) is 0 Å². The zero-order valence-electron chi connectivity index (χ0n) is 11.4. The Morgan fingerprint density at radius 1 is 1.50 bits per heavy atom. The van der Waals surface area contributed by atoms with E-state index in [1.54, 1.807) is 12.3 Å². The van der Waals surface area contributed by atoms with Gasteiger partial charge in [-0.3, -0.25) is 9.48 Å². The van der Waals surface area contributed by atoms with E-state index in [0.717, 1.165) is 18.6 Å². The Labute approximate surface area is 117 Å². The summed E-state index contributed by atoms with van der Waals surface area (Å²) in [6.45, 7) is 3.43. The molecule has 1 aromatic carbocycles. The van der Waals surface area contributed by atoms with Crippen LogP contribution in [0.1, 0.15) is 28.4 Å². The predicted octanol–water partition coefficient (Wildman–Crippen LogP) is 2.41. The van der Waals surface area contributed by atoms with Crippen LogP contribution in [0.4, 0.5) is 5.69 Å². The first-order valence-electron chi connectivity index (χ1n) is 6.72. The Bertz CT molecular complexity index is 615. The SMILES string of the molecule is Cc1cccc(C(=O)Nc2cnn([C@@H]3CCOC3)c2)c1. The van der Waals surface area contributed by atoms with Gasteiger partial charge < -0.3 is 10.1 Å². The molecule has 1 saturated heterocycles. The third-order valence-electron chi connectivity index (χ3n) is 3.42. The fourth-order valence-electron chi connectivity index (χ4n) is 2.32. The Morgan fingerprint density at radius 3 is 3.15 bits per heavy atom. The molecule has 1 aromatic heterocycles. The van der Waals surface area contributed by atoms with E-state index in [1.807, 2.05) is 36.0 Å². The summed E-state index contributed by atoms with van der Waals surface area (Å²) in [5.74, 6) is -0.115. The van der Waals surface area contributed by atoms with Crippen molar-refractivity contribution in [3.63, 3.8) is 0 Å². The number of anilines is 1. The summed E-state index contributed by atoms with van der Waals surface area (Å²) >= 11 is 0. The topological polar surface area (TPSA) is 56.2 Å². The lowest BCUT2D eigenvalue weighted by molar-refractivity contribution is 0.102. The second-order valence-corrected chi connectivity index (χ2v) is 5.05. The molecule has 0 aliphatic carbocycles. The molecule has 1 N–H and O–H groups in total. The van der Waals surface area contributed by atoms with Gasteiger partial charge in [0.25, 0.3) is 5.91 Å². The monoisotopic (exact) mass is 271 g/mol. The number of ether oxygens (including phenoxy) is 1. The molecule has 104 valence electrons. The van der Waals surface area contributed by atoms with E-state index in [-0.39, 0.29) is 11.9 Å². The molecule has 1 aliphatic rings. The molecule has 20 heavy (non-hydrogen) atoms. The summed E-state index contributed by atoms with van der Waals surface area (Å²) in [6.07, 6.45) is 4.49. The Kier molecular flexibility index (Phi) is 3.52. The van der Waals surface area contributed by atoms with Crippen molar-refractivity contribution in [1.82, 2.24) is 9.78 Å². The maximum Gasteiger partial charge on any atom is 0.255 e. The summed E-state index contributed by atoms with van der Waals surface area (Å²) in [6, 6.07) is 7.79. The normalized spacial score (nSPS) is 18.1. The highest BCUT2D eigenvalue weighted by molar-refractivity contribution is 6.04. The lowest BCUT2D eigenvalue weighted by Gasteiger charge is -2.07. The van der Waals surface area contributed by atoms with Gasteiger partial charge in [-0.1, -0.05) is 17.7 Å². The highest BCUT2D eigenvalue weighted by Crippen LogP contribution is 2.20. The van der Waals surface area contributed by atoms with Crippen molar-refractivity contribution in [1.29, 1.82) is 0 Å². The molecule has 1 aliphatic heterocycles. The Morgan fingerprint density at radius 2 is 2.40 bits per heavy atom. The minimum Gasteiger partial charge on any atom is -0.379 e. The van der Waals surface area contributed by atoms with E-state index >= 15 is 0 Å². The number of nitrogens with one attached hydrogen (secondary N) is 1. The van der Waals surface area contributed by atoms with Gasteiger partial charge in [0, 0.05) is 18.4 Å². The summed E-state index contributed by atoms with van der Waals surface area (Å²) in [5.41, 5.74) is 2.43. The third kappa shape index (κ3) is 2.72. The maximum absolute atomic E-state index is 12.1. The zero-order chi connectivity index (χ0) is 13.9. The van der Waals surface area contributed by atoms with Crippen LogP contribution in [0.25, 0.3) is 0 Å². The van der Waals surface area contributed by atoms with Crippen LogP contribution in [0.2, 0.25) is 0 Å². The second kappa shape index (κ2) is 5.46. The number of aryl methyl sites for hydroxylation is 1. The predicted molar refractivity (Wildman–Crippen MR) is 75.8 cm³/mol. The molecule has 0 saturated carbocycles. The number of benzene rings is 1. The minimum absolute atomic E-state index is 0.115. The fraction of sp³-hybridized carbons (Fsp3) is 0.333. The van der Waals surface area contributed by atoms with E-state index in [1.165, 1.54) is 0 Å². The van der Waals surface area contributed by atoms with Crippen molar-refractivity contribution in [2.24, 2.45) is 0 Å². The molecule has 5 heteroatoms. The lowest BCUT2D eigenvalue weighted by Crippen LogP contribution is -2.12. The second-order valence-electron chi connectivity index (χ2n) is 5.05. The van der Waals surface area contributed by atoms with Gasteiger partial charge in [0.1, 0.15) is 0 Å². The van der Waals surface area contributed by atoms with Crippen molar-refractivity contribution in [2.75, 3.05) is 18.5 Å². The van der Waals surface area contributed by atoms with E-state index in [9.17, 15) is 4.79 Å².